The number of halogens is 1. The van der Waals surface area contributed by atoms with Crippen LogP contribution in [0.1, 0.15) is 16.8 Å². The molecule has 0 spiro atoms. The number of piperazine rings is 1. The Morgan fingerprint density at radius 2 is 1.97 bits per heavy atom. The second-order valence-corrected chi connectivity index (χ2v) is 8.54. The van der Waals surface area contributed by atoms with Crippen molar-refractivity contribution in [2.75, 3.05) is 72.7 Å². The quantitative estimate of drug-likeness (QED) is 0.691. The number of hydrogen-bond acceptors (Lipinski definition) is 6. The van der Waals surface area contributed by atoms with Gasteiger partial charge < -0.3 is 24.6 Å². The molecule has 1 aromatic carbocycles. The van der Waals surface area contributed by atoms with E-state index in [9.17, 15) is 9.18 Å². The first-order valence-electron chi connectivity index (χ1n) is 11.4. The molecule has 2 fully saturated rings. The zero-order valence-electron chi connectivity index (χ0n) is 18.8. The van der Waals surface area contributed by atoms with Crippen LogP contribution in [0, 0.1) is 5.82 Å². The van der Waals surface area contributed by atoms with Gasteiger partial charge in [0, 0.05) is 57.1 Å². The molecule has 1 aromatic rings. The molecule has 1 unspecified atom stereocenters. The summed E-state index contributed by atoms with van der Waals surface area (Å²) >= 11 is 0. The highest BCUT2D eigenvalue weighted by Gasteiger charge is 2.19. The van der Waals surface area contributed by atoms with Crippen LogP contribution in [0.4, 0.5) is 4.39 Å². The molecule has 0 saturated carbocycles. The first kappa shape index (κ1) is 22.8. The van der Waals surface area contributed by atoms with Gasteiger partial charge in [-0.2, -0.15) is 0 Å². The molecule has 1 amide bonds. The molecule has 0 aromatic heterocycles. The predicted octanol–water partition coefficient (Wildman–Crippen LogP) is 1.73. The van der Waals surface area contributed by atoms with E-state index in [1.54, 1.807) is 6.07 Å². The minimum Gasteiger partial charge on any atom is -0.489 e. The van der Waals surface area contributed by atoms with Gasteiger partial charge in [0.05, 0.1) is 19.3 Å². The highest BCUT2D eigenvalue weighted by Crippen LogP contribution is 2.20. The lowest BCUT2D eigenvalue weighted by Crippen LogP contribution is -2.44. The van der Waals surface area contributed by atoms with Crippen LogP contribution in [0.25, 0.3) is 0 Å². The van der Waals surface area contributed by atoms with E-state index in [4.69, 9.17) is 9.47 Å². The van der Waals surface area contributed by atoms with Crippen LogP contribution in [0.3, 0.4) is 0 Å². The fourth-order valence-corrected chi connectivity index (χ4v) is 4.14. The Kier molecular flexibility index (Phi) is 7.78. The molecule has 2 saturated heterocycles. The maximum Gasteiger partial charge on any atom is 0.251 e. The number of rotatable bonds is 7. The normalized spacial score (nSPS) is 22.5. The average Bonchev–Trinajstić information content (AvgIpc) is 2.82. The highest BCUT2D eigenvalue weighted by molar-refractivity contribution is 5.94. The van der Waals surface area contributed by atoms with Crippen molar-refractivity contribution in [1.29, 1.82) is 0 Å². The largest absolute Gasteiger partial charge is 0.489 e. The van der Waals surface area contributed by atoms with Gasteiger partial charge in [0.2, 0.25) is 0 Å². The smallest absolute Gasteiger partial charge is 0.251 e. The van der Waals surface area contributed by atoms with Crippen LogP contribution < -0.4 is 10.1 Å². The summed E-state index contributed by atoms with van der Waals surface area (Å²) in [5, 5.41) is 2.98. The first-order chi connectivity index (χ1) is 15.6. The predicted molar refractivity (Wildman–Crippen MR) is 121 cm³/mol. The number of benzene rings is 1. The van der Waals surface area contributed by atoms with E-state index >= 15 is 0 Å². The molecule has 3 aliphatic rings. The van der Waals surface area contributed by atoms with Crippen molar-refractivity contribution in [3.8, 4) is 5.75 Å². The Morgan fingerprint density at radius 3 is 2.66 bits per heavy atom. The maximum atomic E-state index is 14.5. The minimum atomic E-state index is -0.518. The van der Waals surface area contributed by atoms with Gasteiger partial charge in [0.1, 0.15) is 6.61 Å². The number of allylic oxidation sites excluding steroid dienone is 1. The van der Waals surface area contributed by atoms with Crippen molar-refractivity contribution in [3.63, 3.8) is 0 Å². The number of amides is 1. The molecule has 2 aliphatic heterocycles. The van der Waals surface area contributed by atoms with E-state index < -0.39 is 5.82 Å². The van der Waals surface area contributed by atoms with E-state index in [1.165, 1.54) is 17.8 Å². The number of carbonyl (C=O) groups excluding carboxylic acids is 1. The number of ether oxygens (including phenoxy) is 2. The van der Waals surface area contributed by atoms with Crippen LogP contribution in [0.2, 0.25) is 0 Å². The molecule has 1 N–H and O–H groups in total. The van der Waals surface area contributed by atoms with E-state index in [0.717, 1.165) is 65.4 Å². The molecule has 32 heavy (non-hydrogen) atoms. The summed E-state index contributed by atoms with van der Waals surface area (Å²) in [6.07, 6.45) is 6.99. The third-order valence-electron chi connectivity index (χ3n) is 6.23. The molecule has 4 rings (SSSR count). The minimum absolute atomic E-state index is 0.0915. The van der Waals surface area contributed by atoms with Gasteiger partial charge in [-0.15, -0.1) is 0 Å². The summed E-state index contributed by atoms with van der Waals surface area (Å²) in [7, 11) is 2.14. The van der Waals surface area contributed by atoms with Crippen LogP contribution in [-0.4, -0.2) is 99.3 Å². The number of carbonyl (C=O) groups is 1. The van der Waals surface area contributed by atoms with Crippen molar-refractivity contribution in [1.82, 2.24) is 20.0 Å². The van der Waals surface area contributed by atoms with E-state index in [1.807, 2.05) is 6.08 Å². The lowest BCUT2D eigenvalue weighted by molar-refractivity contribution is 0.0320. The summed E-state index contributed by atoms with van der Waals surface area (Å²) in [5.74, 6) is -0.627. The van der Waals surface area contributed by atoms with Crippen molar-refractivity contribution in [3.05, 3.63) is 53.5 Å². The fourth-order valence-electron chi connectivity index (χ4n) is 4.14. The van der Waals surface area contributed by atoms with Crippen molar-refractivity contribution < 1.29 is 18.7 Å². The fraction of sp³-hybridized carbons (Fsp3) is 0.542. The molecular weight excluding hydrogens is 411 g/mol. The lowest BCUT2D eigenvalue weighted by atomic mass is 10.0. The number of nitrogens with zero attached hydrogens (tertiary/aromatic N) is 3. The van der Waals surface area contributed by atoms with Crippen LogP contribution in [-0.2, 0) is 4.74 Å². The zero-order valence-corrected chi connectivity index (χ0v) is 18.8. The lowest BCUT2D eigenvalue weighted by Gasteiger charge is -2.35. The number of nitrogens with one attached hydrogen (secondary N) is 1. The van der Waals surface area contributed by atoms with Gasteiger partial charge in [-0.1, -0.05) is 12.2 Å². The summed E-state index contributed by atoms with van der Waals surface area (Å²) < 4.78 is 25.4. The van der Waals surface area contributed by atoms with Gasteiger partial charge >= 0.3 is 0 Å². The standard InChI is InChI=1S/C24H33FN4O3/c1-27-8-10-29(11-9-27)21-5-3-20(4-6-21)26-24(30)19-2-7-23(22(25)18-19)32-17-14-28-12-15-31-16-13-28/h2-3,5-7,18,20H,4,8-17H2,1H3,(H,26,30). The molecule has 174 valence electrons. The van der Waals surface area contributed by atoms with Gasteiger partial charge in [-0.25, -0.2) is 4.39 Å². The average molecular weight is 445 g/mol. The van der Waals surface area contributed by atoms with Gasteiger partial charge in [-0.05, 0) is 37.7 Å². The summed E-state index contributed by atoms with van der Waals surface area (Å²) in [4.78, 5) is 19.5. The number of likely N-dealkylation sites (N-methyl/N-ethyl adjacent to an activating group) is 1. The Bertz CT molecular complexity index is 846. The topological polar surface area (TPSA) is 57.3 Å². The summed E-state index contributed by atoms with van der Waals surface area (Å²) in [5.41, 5.74) is 1.51. The first-order valence-corrected chi connectivity index (χ1v) is 11.4. The van der Waals surface area contributed by atoms with Crippen LogP contribution in [0.15, 0.2) is 42.1 Å². The summed E-state index contributed by atoms with van der Waals surface area (Å²) in [6, 6.07) is 4.30. The second kappa shape index (κ2) is 10.9. The van der Waals surface area contributed by atoms with Crippen molar-refractivity contribution >= 4 is 5.91 Å². The van der Waals surface area contributed by atoms with Gasteiger partial charge in [-0.3, -0.25) is 9.69 Å². The molecule has 7 nitrogen and oxygen atoms in total. The third kappa shape index (κ3) is 6.09. The Hall–Kier alpha value is -2.42. The van der Waals surface area contributed by atoms with Crippen molar-refractivity contribution in [2.24, 2.45) is 0 Å². The van der Waals surface area contributed by atoms with E-state index in [-0.39, 0.29) is 17.7 Å². The monoisotopic (exact) mass is 444 g/mol. The summed E-state index contributed by atoms with van der Waals surface area (Å²) in [6.45, 7) is 8.46. The van der Waals surface area contributed by atoms with Gasteiger partial charge in [0.25, 0.3) is 5.91 Å². The van der Waals surface area contributed by atoms with Crippen LogP contribution >= 0.6 is 0 Å². The number of hydrogen-bond donors (Lipinski definition) is 1. The Morgan fingerprint density at radius 1 is 1.19 bits per heavy atom. The van der Waals surface area contributed by atoms with Crippen LogP contribution in [0.5, 0.6) is 5.75 Å². The molecule has 0 radical (unpaired) electrons. The van der Waals surface area contributed by atoms with E-state index in [2.05, 4.69) is 39.2 Å². The third-order valence-corrected chi connectivity index (χ3v) is 6.23. The SMILES string of the molecule is CN1CCN(C2=CCC(NC(=O)c3ccc(OCCN4CCOCC4)c(F)c3)C=C2)CC1. The van der Waals surface area contributed by atoms with Crippen molar-refractivity contribution in [2.45, 2.75) is 12.5 Å². The Labute approximate surface area is 189 Å². The zero-order chi connectivity index (χ0) is 22.3. The number of morpholine rings is 1. The highest BCUT2D eigenvalue weighted by atomic mass is 19.1. The molecule has 1 aliphatic carbocycles. The molecule has 1 atom stereocenters. The molecular formula is C24H33FN4O3. The molecule has 2 heterocycles. The Balaban J connectivity index is 1.24. The molecule has 8 heteroatoms. The second-order valence-electron chi connectivity index (χ2n) is 8.54. The van der Waals surface area contributed by atoms with Gasteiger partial charge in [0.15, 0.2) is 11.6 Å². The van der Waals surface area contributed by atoms with E-state index in [0.29, 0.717) is 12.2 Å². The molecule has 0 bridgehead atoms. The maximum absolute atomic E-state index is 14.5.